The van der Waals surface area contributed by atoms with E-state index in [-0.39, 0.29) is 25.2 Å². The first-order valence-electron chi connectivity index (χ1n) is 9.82. The highest BCUT2D eigenvalue weighted by Crippen LogP contribution is 2.42. The number of rotatable bonds is 11. The molecule has 2 rings (SSSR count). The van der Waals surface area contributed by atoms with Crippen molar-refractivity contribution >= 4 is 17.3 Å². The topological polar surface area (TPSA) is 71.4 Å². The van der Waals surface area contributed by atoms with Crippen LogP contribution in [0.4, 0.5) is 5.69 Å². The van der Waals surface area contributed by atoms with Crippen molar-refractivity contribution in [2.24, 2.45) is 5.41 Å². The van der Waals surface area contributed by atoms with Crippen LogP contribution in [0.25, 0.3) is 0 Å². The fourth-order valence-corrected chi connectivity index (χ4v) is 3.68. The Labute approximate surface area is 183 Å². The summed E-state index contributed by atoms with van der Waals surface area (Å²) in [5, 5.41) is 19.7. The molecule has 30 heavy (non-hydrogen) atoms. The van der Waals surface area contributed by atoms with Crippen molar-refractivity contribution in [2.45, 2.75) is 20.0 Å². The Morgan fingerprint density at radius 1 is 1.07 bits per heavy atom. The molecular formula is C23H32ClNO5. The third-order valence-corrected chi connectivity index (χ3v) is 5.10. The van der Waals surface area contributed by atoms with Gasteiger partial charge in [-0.05, 0) is 24.3 Å². The summed E-state index contributed by atoms with van der Waals surface area (Å²) in [6.07, 6.45) is -0.546. The molecule has 2 N–H and O–H groups in total. The van der Waals surface area contributed by atoms with E-state index in [2.05, 4.69) is 4.90 Å². The molecule has 1 atom stereocenters. The molecule has 166 valence electrons. The molecule has 1 unspecified atom stereocenters. The lowest BCUT2D eigenvalue weighted by Crippen LogP contribution is -2.34. The predicted molar refractivity (Wildman–Crippen MR) is 120 cm³/mol. The van der Waals surface area contributed by atoms with Crippen LogP contribution in [0.5, 0.6) is 11.5 Å². The largest absolute Gasteiger partial charge is 0.493 e. The molecule has 0 fully saturated rings. The van der Waals surface area contributed by atoms with Gasteiger partial charge in [0.15, 0.2) is 11.5 Å². The Bertz CT molecular complexity index is 827. The van der Waals surface area contributed by atoms with Crippen LogP contribution in [-0.2, 0) is 4.74 Å². The number of hydrogen-bond acceptors (Lipinski definition) is 6. The van der Waals surface area contributed by atoms with Gasteiger partial charge >= 0.3 is 0 Å². The van der Waals surface area contributed by atoms with E-state index in [9.17, 15) is 10.2 Å². The summed E-state index contributed by atoms with van der Waals surface area (Å²) in [4.78, 5) is 2.07. The van der Waals surface area contributed by atoms with Gasteiger partial charge in [-0.25, -0.2) is 0 Å². The lowest BCUT2D eigenvalue weighted by molar-refractivity contribution is 0.0488. The number of anilines is 1. The van der Waals surface area contributed by atoms with E-state index in [0.717, 1.165) is 16.8 Å². The predicted octanol–water partition coefficient (Wildman–Crippen LogP) is 3.91. The van der Waals surface area contributed by atoms with Gasteiger partial charge in [-0.2, -0.15) is 0 Å². The number of ether oxygens (including phenoxy) is 3. The van der Waals surface area contributed by atoms with E-state index in [0.29, 0.717) is 23.1 Å². The van der Waals surface area contributed by atoms with Crippen LogP contribution >= 0.6 is 11.6 Å². The summed E-state index contributed by atoms with van der Waals surface area (Å²) in [5.41, 5.74) is 2.22. The van der Waals surface area contributed by atoms with Crippen LogP contribution in [0, 0.1) is 5.41 Å². The van der Waals surface area contributed by atoms with Gasteiger partial charge in [0.1, 0.15) is 6.10 Å². The van der Waals surface area contributed by atoms with E-state index in [1.807, 2.05) is 57.3 Å². The standard InChI is InChI=1S/C23H32ClNO5/c1-23(2,15-27)14-25(3)19-10-9-16(24)13-18(19)21(30-12-11-26)17-7-6-8-20(28-4)22(17)29-5/h6-10,13,21,26-27H,11-12,14-15H2,1-5H3. The van der Waals surface area contributed by atoms with Gasteiger partial charge in [-0.15, -0.1) is 0 Å². The van der Waals surface area contributed by atoms with Crippen molar-refractivity contribution in [1.29, 1.82) is 0 Å². The number of hydrogen-bond donors (Lipinski definition) is 2. The molecule has 0 saturated heterocycles. The highest BCUT2D eigenvalue weighted by atomic mass is 35.5. The molecule has 2 aromatic rings. The van der Waals surface area contributed by atoms with Crippen LogP contribution in [0.15, 0.2) is 36.4 Å². The summed E-state index contributed by atoms with van der Waals surface area (Å²) < 4.78 is 17.2. The normalized spacial score (nSPS) is 12.5. The monoisotopic (exact) mass is 437 g/mol. The highest BCUT2D eigenvalue weighted by molar-refractivity contribution is 6.30. The van der Waals surface area contributed by atoms with Crippen molar-refractivity contribution < 1.29 is 24.4 Å². The van der Waals surface area contributed by atoms with Gasteiger partial charge in [0.05, 0.1) is 27.4 Å². The summed E-state index contributed by atoms with van der Waals surface area (Å²) in [6, 6.07) is 11.2. The van der Waals surface area contributed by atoms with Crippen molar-refractivity contribution in [1.82, 2.24) is 0 Å². The maximum absolute atomic E-state index is 9.70. The minimum atomic E-state index is -0.546. The highest BCUT2D eigenvalue weighted by Gasteiger charge is 2.27. The van der Waals surface area contributed by atoms with Gasteiger partial charge in [0.25, 0.3) is 0 Å². The number of benzene rings is 2. The first-order valence-corrected chi connectivity index (χ1v) is 10.2. The maximum atomic E-state index is 9.70. The lowest BCUT2D eigenvalue weighted by Gasteiger charge is -2.33. The van der Waals surface area contributed by atoms with Crippen molar-refractivity contribution in [3.8, 4) is 11.5 Å². The van der Waals surface area contributed by atoms with Crippen molar-refractivity contribution in [2.75, 3.05) is 52.5 Å². The minimum absolute atomic E-state index is 0.0639. The molecule has 0 saturated carbocycles. The Morgan fingerprint density at radius 2 is 1.80 bits per heavy atom. The number of halogens is 1. The number of aliphatic hydroxyl groups excluding tert-OH is 2. The van der Waals surface area contributed by atoms with Crippen molar-refractivity contribution in [3.63, 3.8) is 0 Å². The minimum Gasteiger partial charge on any atom is -0.493 e. The number of nitrogens with zero attached hydrogens (tertiary/aromatic N) is 1. The van der Waals surface area contributed by atoms with E-state index < -0.39 is 6.10 Å². The summed E-state index contributed by atoms with van der Waals surface area (Å²) in [5.74, 6) is 1.15. The third kappa shape index (κ3) is 5.79. The smallest absolute Gasteiger partial charge is 0.166 e. The van der Waals surface area contributed by atoms with Crippen LogP contribution in [0.3, 0.4) is 0 Å². The van der Waals surface area contributed by atoms with E-state index in [1.165, 1.54) is 0 Å². The number of methoxy groups -OCH3 is 2. The summed E-state index contributed by atoms with van der Waals surface area (Å²) in [6.45, 7) is 4.72. The molecule has 0 bridgehead atoms. The van der Waals surface area contributed by atoms with Gasteiger partial charge in [0.2, 0.25) is 0 Å². The molecular weight excluding hydrogens is 406 g/mol. The fraction of sp³-hybridized carbons (Fsp3) is 0.478. The zero-order valence-corrected chi connectivity index (χ0v) is 19.1. The average Bonchev–Trinajstić information content (AvgIpc) is 2.73. The first-order chi connectivity index (χ1) is 14.3. The fourth-order valence-electron chi connectivity index (χ4n) is 3.50. The molecule has 0 spiro atoms. The van der Waals surface area contributed by atoms with Crippen LogP contribution in [0.1, 0.15) is 31.1 Å². The molecule has 2 aromatic carbocycles. The van der Waals surface area contributed by atoms with Crippen LogP contribution in [0.2, 0.25) is 5.02 Å². The molecule has 7 heteroatoms. The van der Waals surface area contributed by atoms with E-state index in [1.54, 1.807) is 14.2 Å². The maximum Gasteiger partial charge on any atom is 0.166 e. The average molecular weight is 438 g/mol. The van der Waals surface area contributed by atoms with Gasteiger partial charge < -0.3 is 29.3 Å². The van der Waals surface area contributed by atoms with Gasteiger partial charge in [-0.3, -0.25) is 0 Å². The molecule has 0 radical (unpaired) electrons. The molecule has 0 heterocycles. The van der Waals surface area contributed by atoms with Crippen LogP contribution in [-0.4, -0.2) is 57.8 Å². The molecule has 0 aliphatic heterocycles. The van der Waals surface area contributed by atoms with Gasteiger partial charge in [-0.1, -0.05) is 37.6 Å². The number of para-hydroxylation sites is 1. The van der Waals surface area contributed by atoms with Crippen molar-refractivity contribution in [3.05, 3.63) is 52.5 Å². The first kappa shape index (κ1) is 24.3. The SMILES string of the molecule is COc1cccc(C(OCCO)c2cc(Cl)ccc2N(C)CC(C)(C)CO)c1OC. The Kier molecular flexibility index (Phi) is 8.79. The Balaban J connectivity index is 2.62. The molecule has 6 nitrogen and oxygen atoms in total. The third-order valence-electron chi connectivity index (χ3n) is 4.87. The van der Waals surface area contributed by atoms with E-state index in [4.69, 9.17) is 25.8 Å². The second-order valence-corrected chi connectivity index (χ2v) is 8.38. The second-order valence-electron chi connectivity index (χ2n) is 7.94. The summed E-state index contributed by atoms with van der Waals surface area (Å²) in [7, 11) is 5.13. The van der Waals surface area contributed by atoms with Crippen LogP contribution < -0.4 is 14.4 Å². The van der Waals surface area contributed by atoms with E-state index >= 15 is 0 Å². The molecule has 0 aromatic heterocycles. The summed E-state index contributed by atoms with van der Waals surface area (Å²) >= 11 is 6.36. The Hall–Kier alpha value is -1.99. The number of aliphatic hydroxyl groups is 2. The van der Waals surface area contributed by atoms with Gasteiger partial charge in [0, 0.05) is 47.5 Å². The quantitative estimate of drug-likeness (QED) is 0.555. The second kappa shape index (κ2) is 10.9. The zero-order valence-electron chi connectivity index (χ0n) is 18.3. The molecule has 0 aliphatic rings. The Morgan fingerprint density at radius 3 is 2.40 bits per heavy atom. The molecule has 0 aliphatic carbocycles. The molecule has 0 amide bonds. The lowest BCUT2D eigenvalue weighted by atomic mass is 9.93. The zero-order chi connectivity index (χ0) is 22.3.